The van der Waals surface area contributed by atoms with E-state index < -0.39 is 0 Å². The molecule has 2 fully saturated rings. The predicted octanol–water partition coefficient (Wildman–Crippen LogP) is 3.52. The summed E-state index contributed by atoms with van der Waals surface area (Å²) in [5.74, 6) is 2.86. The van der Waals surface area contributed by atoms with E-state index >= 15 is 0 Å². The van der Waals surface area contributed by atoms with Crippen LogP contribution in [0.1, 0.15) is 36.8 Å². The minimum atomic E-state index is 0. The third kappa shape index (κ3) is 4.77. The Morgan fingerprint density at radius 1 is 1.29 bits per heavy atom. The van der Waals surface area contributed by atoms with E-state index in [4.69, 9.17) is 4.74 Å². The fourth-order valence-corrected chi connectivity index (χ4v) is 3.48. The van der Waals surface area contributed by atoms with Crippen molar-refractivity contribution in [2.24, 2.45) is 16.3 Å². The maximum Gasteiger partial charge on any atom is 0.191 e. The third-order valence-corrected chi connectivity index (χ3v) is 5.29. The van der Waals surface area contributed by atoms with Crippen LogP contribution in [-0.4, -0.2) is 33.2 Å². The largest absolute Gasteiger partial charge is 0.496 e. The molecule has 5 heteroatoms. The molecular formula is C19H30IN3O. The number of halogens is 1. The molecule has 3 rings (SSSR count). The predicted molar refractivity (Wildman–Crippen MR) is 111 cm³/mol. The number of methoxy groups -OCH3 is 1. The first-order chi connectivity index (χ1) is 11.2. The van der Waals surface area contributed by atoms with Crippen LogP contribution < -0.4 is 15.4 Å². The molecule has 4 nitrogen and oxygen atoms in total. The van der Waals surface area contributed by atoms with Gasteiger partial charge < -0.3 is 15.4 Å². The SMILES string of the molecule is CN=C(NCCc1cc(C)ccc1OC)NCC1(C2CC2)CC1.I. The Balaban J connectivity index is 0.00000208. The standard InChI is InChI=1S/C19H29N3O.HI/c1-14-4-7-17(23-3)15(12-14)8-11-21-18(20-2)22-13-19(9-10-19)16-5-6-16;/h4,7,12,16H,5-6,8-11,13H2,1-3H3,(H2,20,21,22);1H. The lowest BCUT2D eigenvalue weighted by molar-refractivity contribution is 0.409. The summed E-state index contributed by atoms with van der Waals surface area (Å²) in [6.07, 6.45) is 6.57. The number of aryl methyl sites for hydroxylation is 1. The van der Waals surface area contributed by atoms with Crippen LogP contribution in [0.5, 0.6) is 5.75 Å². The van der Waals surface area contributed by atoms with Crippen LogP contribution in [0.4, 0.5) is 0 Å². The number of guanidine groups is 1. The minimum absolute atomic E-state index is 0. The Kier molecular flexibility index (Phi) is 6.78. The minimum Gasteiger partial charge on any atom is -0.496 e. The third-order valence-electron chi connectivity index (χ3n) is 5.29. The van der Waals surface area contributed by atoms with E-state index in [1.54, 1.807) is 7.11 Å². The molecule has 0 amide bonds. The number of aliphatic imine (C=N–C) groups is 1. The highest BCUT2D eigenvalue weighted by molar-refractivity contribution is 14.0. The van der Waals surface area contributed by atoms with Crippen LogP contribution >= 0.6 is 24.0 Å². The maximum absolute atomic E-state index is 5.44. The lowest BCUT2D eigenvalue weighted by Gasteiger charge is -2.18. The number of benzene rings is 1. The topological polar surface area (TPSA) is 45.7 Å². The first-order valence-electron chi connectivity index (χ1n) is 8.75. The van der Waals surface area contributed by atoms with Crippen LogP contribution in [0.3, 0.4) is 0 Å². The lowest BCUT2D eigenvalue weighted by Crippen LogP contribution is -2.41. The molecule has 0 bridgehead atoms. The average Bonchev–Trinajstić information content (AvgIpc) is 3.44. The molecule has 0 aromatic heterocycles. The Bertz CT molecular complexity index is 580. The van der Waals surface area contributed by atoms with Crippen molar-refractivity contribution in [1.82, 2.24) is 10.6 Å². The molecule has 1 aromatic rings. The molecule has 0 atom stereocenters. The van der Waals surface area contributed by atoms with Crippen molar-refractivity contribution in [2.75, 3.05) is 27.2 Å². The zero-order valence-electron chi connectivity index (χ0n) is 15.0. The molecule has 0 radical (unpaired) electrons. The molecule has 0 aliphatic heterocycles. The molecular weight excluding hydrogens is 413 g/mol. The molecule has 2 saturated carbocycles. The van der Waals surface area contributed by atoms with E-state index in [-0.39, 0.29) is 24.0 Å². The molecule has 2 aliphatic carbocycles. The summed E-state index contributed by atoms with van der Waals surface area (Å²) in [7, 11) is 3.58. The summed E-state index contributed by atoms with van der Waals surface area (Å²) in [5, 5.41) is 6.96. The van der Waals surface area contributed by atoms with Crippen LogP contribution in [0.2, 0.25) is 0 Å². The fourth-order valence-electron chi connectivity index (χ4n) is 3.48. The summed E-state index contributed by atoms with van der Waals surface area (Å²) in [5.41, 5.74) is 3.10. The van der Waals surface area contributed by atoms with E-state index in [1.807, 2.05) is 13.1 Å². The van der Waals surface area contributed by atoms with Gasteiger partial charge in [0.15, 0.2) is 5.96 Å². The van der Waals surface area contributed by atoms with Gasteiger partial charge in [0.05, 0.1) is 7.11 Å². The first kappa shape index (κ1) is 19.3. The van der Waals surface area contributed by atoms with E-state index in [1.165, 1.54) is 36.8 Å². The molecule has 24 heavy (non-hydrogen) atoms. The van der Waals surface area contributed by atoms with E-state index in [0.29, 0.717) is 5.41 Å². The van der Waals surface area contributed by atoms with Crippen molar-refractivity contribution < 1.29 is 4.74 Å². The van der Waals surface area contributed by atoms with Crippen LogP contribution in [0, 0.1) is 18.3 Å². The van der Waals surface area contributed by atoms with Crippen LogP contribution in [0.15, 0.2) is 23.2 Å². The molecule has 2 N–H and O–H groups in total. The quantitative estimate of drug-likeness (QED) is 0.385. The van der Waals surface area contributed by atoms with Gasteiger partial charge in [0, 0.05) is 20.1 Å². The van der Waals surface area contributed by atoms with Crippen molar-refractivity contribution in [1.29, 1.82) is 0 Å². The maximum atomic E-state index is 5.44. The monoisotopic (exact) mass is 443 g/mol. The van der Waals surface area contributed by atoms with E-state index in [0.717, 1.165) is 37.1 Å². The van der Waals surface area contributed by atoms with Gasteiger partial charge in [-0.25, -0.2) is 0 Å². The van der Waals surface area contributed by atoms with Gasteiger partial charge in [-0.3, -0.25) is 4.99 Å². The second kappa shape index (κ2) is 8.41. The van der Waals surface area contributed by atoms with Crippen molar-refractivity contribution in [3.8, 4) is 5.75 Å². The zero-order valence-corrected chi connectivity index (χ0v) is 17.4. The lowest BCUT2D eigenvalue weighted by atomic mass is 10.0. The summed E-state index contributed by atoms with van der Waals surface area (Å²) in [6.45, 7) is 4.05. The van der Waals surface area contributed by atoms with Crippen molar-refractivity contribution in [2.45, 2.75) is 39.0 Å². The van der Waals surface area contributed by atoms with Gasteiger partial charge in [-0.1, -0.05) is 17.7 Å². The Morgan fingerprint density at radius 2 is 2.04 bits per heavy atom. The van der Waals surface area contributed by atoms with Gasteiger partial charge in [-0.15, -0.1) is 24.0 Å². The highest BCUT2D eigenvalue weighted by Gasteiger charge is 2.53. The van der Waals surface area contributed by atoms with Gasteiger partial charge in [0.1, 0.15) is 5.75 Å². The average molecular weight is 443 g/mol. The molecule has 1 aromatic carbocycles. The molecule has 0 unspecified atom stereocenters. The van der Waals surface area contributed by atoms with Crippen molar-refractivity contribution >= 4 is 29.9 Å². The van der Waals surface area contributed by atoms with Gasteiger partial charge in [0.2, 0.25) is 0 Å². The number of nitrogens with zero attached hydrogens (tertiary/aromatic N) is 1. The van der Waals surface area contributed by atoms with Crippen LogP contribution in [-0.2, 0) is 6.42 Å². The summed E-state index contributed by atoms with van der Waals surface area (Å²) < 4.78 is 5.44. The van der Waals surface area contributed by atoms with Crippen molar-refractivity contribution in [3.05, 3.63) is 29.3 Å². The number of rotatable bonds is 7. The number of hydrogen-bond donors (Lipinski definition) is 2. The molecule has 2 aliphatic rings. The van der Waals surface area contributed by atoms with E-state index in [9.17, 15) is 0 Å². The summed E-state index contributed by atoms with van der Waals surface area (Å²) in [4.78, 5) is 4.35. The van der Waals surface area contributed by atoms with Gasteiger partial charge in [-0.2, -0.15) is 0 Å². The Morgan fingerprint density at radius 3 is 2.62 bits per heavy atom. The van der Waals surface area contributed by atoms with Crippen molar-refractivity contribution in [3.63, 3.8) is 0 Å². The first-order valence-corrected chi connectivity index (χ1v) is 8.75. The number of hydrogen-bond acceptors (Lipinski definition) is 2. The summed E-state index contributed by atoms with van der Waals surface area (Å²) >= 11 is 0. The molecule has 0 saturated heterocycles. The number of nitrogens with one attached hydrogen (secondary N) is 2. The van der Waals surface area contributed by atoms with Crippen LogP contribution in [0.25, 0.3) is 0 Å². The van der Waals surface area contributed by atoms with Gasteiger partial charge in [-0.05, 0) is 62.0 Å². The second-order valence-electron chi connectivity index (χ2n) is 7.05. The van der Waals surface area contributed by atoms with Gasteiger partial charge in [0.25, 0.3) is 0 Å². The highest BCUT2D eigenvalue weighted by atomic mass is 127. The Labute approximate surface area is 162 Å². The molecule has 0 heterocycles. The number of ether oxygens (including phenoxy) is 1. The zero-order chi connectivity index (χ0) is 16.3. The van der Waals surface area contributed by atoms with E-state index in [2.05, 4.69) is 34.7 Å². The van der Waals surface area contributed by atoms with Gasteiger partial charge >= 0.3 is 0 Å². The molecule has 134 valence electrons. The fraction of sp³-hybridized carbons (Fsp3) is 0.632. The summed E-state index contributed by atoms with van der Waals surface area (Å²) in [6, 6.07) is 6.33. The molecule has 0 spiro atoms. The normalized spacial score (nSPS) is 18.5. The highest BCUT2D eigenvalue weighted by Crippen LogP contribution is 2.60. The Hall–Kier alpha value is -0.980. The smallest absolute Gasteiger partial charge is 0.191 e. The second-order valence-corrected chi connectivity index (χ2v) is 7.05.